The second-order valence-corrected chi connectivity index (χ2v) is 15.5. The summed E-state index contributed by atoms with van der Waals surface area (Å²) in [4.78, 5) is 16.2. The van der Waals surface area contributed by atoms with Gasteiger partial charge in [0.05, 0.1) is 15.5 Å². The number of thioether (sulfide) groups is 1. The highest BCUT2D eigenvalue weighted by molar-refractivity contribution is 8.26. The Kier molecular flexibility index (Phi) is 8.42. The average Bonchev–Trinajstić information content (AvgIpc) is 3.53. The maximum absolute atomic E-state index is 13.7. The SMILES string of the molecule is CC1CC(C)CN(S(=O)(=O)c2cccc(-c3nn(-c4ccccc4)cc3/C=C3\SC(=S)N(C4CCCCC4)C3=O)c2)C1. The van der Waals surface area contributed by atoms with Gasteiger partial charge in [0.1, 0.15) is 10.0 Å². The highest BCUT2D eigenvalue weighted by Crippen LogP contribution is 2.39. The minimum Gasteiger partial charge on any atom is -0.290 e. The molecule has 2 atom stereocenters. The Morgan fingerprint density at radius 1 is 0.976 bits per heavy atom. The van der Waals surface area contributed by atoms with Crippen LogP contribution in [0.25, 0.3) is 23.0 Å². The fourth-order valence-electron chi connectivity index (χ4n) is 6.46. The lowest BCUT2D eigenvalue weighted by Crippen LogP contribution is -2.42. The summed E-state index contributed by atoms with van der Waals surface area (Å²) in [6.07, 6.45) is 10.2. The predicted molar refractivity (Wildman–Crippen MR) is 173 cm³/mol. The van der Waals surface area contributed by atoms with Gasteiger partial charge in [0, 0.05) is 36.5 Å². The lowest BCUT2D eigenvalue weighted by Gasteiger charge is -2.34. The van der Waals surface area contributed by atoms with Gasteiger partial charge in [-0.1, -0.05) is 87.4 Å². The number of sulfonamides is 1. The van der Waals surface area contributed by atoms with Crippen molar-refractivity contribution in [3.05, 3.63) is 71.3 Å². The first-order chi connectivity index (χ1) is 20.2. The number of rotatable bonds is 6. The van der Waals surface area contributed by atoms with Crippen LogP contribution >= 0.6 is 24.0 Å². The maximum Gasteiger partial charge on any atom is 0.266 e. The first-order valence-electron chi connectivity index (χ1n) is 14.7. The minimum atomic E-state index is -3.67. The maximum atomic E-state index is 13.7. The lowest BCUT2D eigenvalue weighted by atomic mass is 9.94. The monoisotopic (exact) mass is 620 g/mol. The van der Waals surface area contributed by atoms with E-state index in [1.807, 2.05) is 48.7 Å². The molecule has 220 valence electrons. The number of carbonyl (C=O) groups excluding carboxylic acids is 1. The topological polar surface area (TPSA) is 75.5 Å². The van der Waals surface area contributed by atoms with Crippen LogP contribution in [0.15, 0.2) is 70.6 Å². The smallest absolute Gasteiger partial charge is 0.266 e. The van der Waals surface area contributed by atoms with Crippen LogP contribution in [-0.2, 0) is 14.8 Å². The van der Waals surface area contributed by atoms with Gasteiger partial charge in [-0.15, -0.1) is 0 Å². The standard InChI is InChI=1S/C32H36N4O3S3/c1-22-16-23(2)20-34(19-22)42(38,39)28-15-9-10-24(17-28)30-25(21-35(33-30)26-11-5-3-6-12-26)18-29-31(37)36(32(40)41-29)27-13-7-4-8-14-27/h3,5-6,9-12,15,17-18,21-23,27H,4,7-8,13-14,16,19-20H2,1-2H3/b29-18-. The molecule has 2 unspecified atom stereocenters. The Balaban J connectivity index is 1.39. The van der Waals surface area contributed by atoms with Crippen LogP contribution < -0.4 is 0 Å². The van der Waals surface area contributed by atoms with E-state index in [1.165, 1.54) is 18.2 Å². The summed E-state index contributed by atoms with van der Waals surface area (Å²) >= 11 is 7.01. The van der Waals surface area contributed by atoms with Crippen molar-refractivity contribution in [1.29, 1.82) is 0 Å². The van der Waals surface area contributed by atoms with Crippen molar-refractivity contribution >= 4 is 50.3 Å². The van der Waals surface area contributed by atoms with Gasteiger partial charge in [0.25, 0.3) is 5.91 Å². The normalized spacial score (nSPS) is 23.7. The number of amides is 1. The molecule has 3 aliphatic rings. The molecule has 0 N–H and O–H groups in total. The molecule has 0 radical (unpaired) electrons. The minimum absolute atomic E-state index is 0.0556. The van der Waals surface area contributed by atoms with Gasteiger partial charge in [0.15, 0.2) is 0 Å². The van der Waals surface area contributed by atoms with Crippen LogP contribution in [0.5, 0.6) is 0 Å². The average molecular weight is 621 g/mol. The number of para-hydroxylation sites is 1. The van der Waals surface area contributed by atoms with Crippen LogP contribution in [0.4, 0.5) is 0 Å². The van der Waals surface area contributed by atoms with E-state index in [4.69, 9.17) is 17.3 Å². The molecule has 2 aromatic carbocycles. The molecule has 1 saturated carbocycles. The van der Waals surface area contributed by atoms with E-state index in [0.29, 0.717) is 45.4 Å². The Labute approximate surface area is 258 Å². The molecule has 3 fully saturated rings. The van der Waals surface area contributed by atoms with Crippen molar-refractivity contribution in [2.24, 2.45) is 11.8 Å². The molecule has 10 heteroatoms. The van der Waals surface area contributed by atoms with Crippen LogP contribution in [0.3, 0.4) is 0 Å². The molecule has 3 heterocycles. The van der Waals surface area contributed by atoms with Crippen LogP contribution in [0.2, 0.25) is 0 Å². The van der Waals surface area contributed by atoms with E-state index >= 15 is 0 Å². The number of thiocarbonyl (C=S) groups is 1. The van der Waals surface area contributed by atoms with Gasteiger partial charge >= 0.3 is 0 Å². The zero-order chi connectivity index (χ0) is 29.4. The third-order valence-corrected chi connectivity index (χ3v) is 11.6. The number of carbonyl (C=O) groups is 1. The van der Waals surface area contributed by atoms with E-state index in [2.05, 4.69) is 13.8 Å². The molecule has 3 aromatic rings. The van der Waals surface area contributed by atoms with E-state index in [9.17, 15) is 13.2 Å². The Bertz CT molecular complexity index is 1620. The third kappa shape index (κ3) is 5.86. The lowest BCUT2D eigenvalue weighted by molar-refractivity contribution is -0.124. The van der Waals surface area contributed by atoms with Crippen LogP contribution in [0.1, 0.15) is 57.9 Å². The fraction of sp³-hybridized carbons (Fsp3) is 0.406. The number of nitrogens with zero attached hydrogens (tertiary/aromatic N) is 4. The quantitative estimate of drug-likeness (QED) is 0.225. The van der Waals surface area contributed by atoms with Gasteiger partial charge in [-0.05, 0) is 61.4 Å². The second kappa shape index (κ2) is 12.1. The van der Waals surface area contributed by atoms with Crippen molar-refractivity contribution < 1.29 is 13.2 Å². The third-order valence-electron chi connectivity index (χ3n) is 8.39. The number of piperidine rings is 1. The molecule has 0 spiro atoms. The van der Waals surface area contributed by atoms with Crippen molar-refractivity contribution in [3.8, 4) is 16.9 Å². The summed E-state index contributed by atoms with van der Waals surface area (Å²) in [5.41, 5.74) is 2.89. The van der Waals surface area contributed by atoms with Gasteiger partial charge in [-0.2, -0.15) is 9.40 Å². The summed E-state index contributed by atoms with van der Waals surface area (Å²) in [5, 5.41) is 4.90. The van der Waals surface area contributed by atoms with E-state index in [-0.39, 0.29) is 16.8 Å². The molecular formula is C32H36N4O3S3. The number of aromatic nitrogens is 2. The first-order valence-corrected chi connectivity index (χ1v) is 17.4. The Morgan fingerprint density at radius 3 is 2.40 bits per heavy atom. The van der Waals surface area contributed by atoms with E-state index < -0.39 is 10.0 Å². The van der Waals surface area contributed by atoms with Crippen molar-refractivity contribution in [3.63, 3.8) is 0 Å². The molecular weight excluding hydrogens is 585 g/mol. The summed E-state index contributed by atoms with van der Waals surface area (Å²) in [6, 6.07) is 16.9. The number of hydrogen-bond acceptors (Lipinski definition) is 6. The fourth-order valence-corrected chi connectivity index (χ4v) is 9.58. The number of benzene rings is 2. The summed E-state index contributed by atoms with van der Waals surface area (Å²) in [6.45, 7) is 5.25. The Morgan fingerprint density at radius 2 is 1.69 bits per heavy atom. The second-order valence-electron chi connectivity index (χ2n) is 11.9. The molecule has 1 aliphatic carbocycles. The highest BCUT2D eigenvalue weighted by atomic mass is 32.2. The molecule has 2 saturated heterocycles. The van der Waals surface area contributed by atoms with Gasteiger partial charge in [-0.3, -0.25) is 9.69 Å². The van der Waals surface area contributed by atoms with E-state index in [1.54, 1.807) is 32.1 Å². The summed E-state index contributed by atoms with van der Waals surface area (Å²) in [7, 11) is -3.67. The largest absolute Gasteiger partial charge is 0.290 e. The van der Waals surface area contributed by atoms with Gasteiger partial charge < -0.3 is 0 Å². The van der Waals surface area contributed by atoms with Gasteiger partial charge in [0.2, 0.25) is 10.0 Å². The van der Waals surface area contributed by atoms with Gasteiger partial charge in [-0.25, -0.2) is 13.1 Å². The van der Waals surface area contributed by atoms with Crippen molar-refractivity contribution in [2.45, 2.75) is 63.3 Å². The zero-order valence-electron chi connectivity index (χ0n) is 24.0. The predicted octanol–water partition coefficient (Wildman–Crippen LogP) is 6.74. The molecule has 7 nitrogen and oxygen atoms in total. The Hall–Kier alpha value is -2.79. The van der Waals surface area contributed by atoms with Crippen LogP contribution in [-0.4, -0.2) is 56.8 Å². The zero-order valence-corrected chi connectivity index (χ0v) is 26.4. The van der Waals surface area contributed by atoms with Crippen molar-refractivity contribution in [1.82, 2.24) is 19.0 Å². The van der Waals surface area contributed by atoms with E-state index in [0.717, 1.165) is 43.4 Å². The summed E-state index contributed by atoms with van der Waals surface area (Å²) < 4.78 is 31.5. The molecule has 2 aliphatic heterocycles. The molecule has 6 rings (SSSR count). The molecule has 1 aromatic heterocycles. The van der Waals surface area contributed by atoms with Crippen LogP contribution in [0, 0.1) is 11.8 Å². The van der Waals surface area contributed by atoms with Crippen molar-refractivity contribution in [2.75, 3.05) is 13.1 Å². The molecule has 1 amide bonds. The number of hydrogen-bond donors (Lipinski definition) is 0. The first kappa shape index (κ1) is 29.3. The molecule has 0 bridgehead atoms. The molecule has 42 heavy (non-hydrogen) atoms. The summed E-state index contributed by atoms with van der Waals surface area (Å²) in [5.74, 6) is 0.569. The highest BCUT2D eigenvalue weighted by Gasteiger charge is 2.38.